The van der Waals surface area contributed by atoms with Crippen molar-refractivity contribution in [2.24, 2.45) is 11.8 Å². The van der Waals surface area contributed by atoms with E-state index in [0.29, 0.717) is 32.1 Å². The second-order valence-corrected chi connectivity index (χ2v) is 17.6. The van der Waals surface area contributed by atoms with Crippen LogP contribution >= 0.6 is 7.82 Å². The number of rotatable bonds is 40. The lowest BCUT2D eigenvalue weighted by atomic mass is 9.90. The van der Waals surface area contributed by atoms with E-state index in [1.54, 1.807) is 12.2 Å². The number of carbonyl (C=O) groups excluding carboxylic acids is 3. The average molecular weight is 839 g/mol. The SMILES string of the molecule is CCCCCCCCCCCCCCCCCCCCCCCC(=O)OC[C@H](COP(=O)(O)O)OC(=O)CCC/C=C\C[C@H]1C=CC(=O)[C@@H]1/C=C/[C@@H](O)CCCCC. The summed E-state index contributed by atoms with van der Waals surface area (Å²) in [6.07, 6.45) is 42.1. The monoisotopic (exact) mass is 839 g/mol. The number of aliphatic hydroxyl groups is 1. The lowest BCUT2D eigenvalue weighted by Crippen LogP contribution is -2.29. The molecule has 0 saturated heterocycles. The van der Waals surface area contributed by atoms with Gasteiger partial charge in [0, 0.05) is 18.8 Å². The fourth-order valence-electron chi connectivity index (χ4n) is 7.31. The Kier molecular flexibility index (Phi) is 34.1. The van der Waals surface area contributed by atoms with Crippen LogP contribution in [0.2, 0.25) is 0 Å². The summed E-state index contributed by atoms with van der Waals surface area (Å²) in [5.74, 6) is -1.26. The third-order valence-electron chi connectivity index (χ3n) is 10.9. The van der Waals surface area contributed by atoms with Gasteiger partial charge in [0.15, 0.2) is 11.9 Å². The molecule has 1 aliphatic carbocycles. The molecular formula is C47H83O10P. The molecule has 11 heteroatoms. The standard InChI is InChI=1S/C47H83O10P/c1-3-5-7-8-9-10-11-12-13-14-15-16-17-18-19-20-21-22-23-24-29-33-46(50)55-39-43(40-56-58(52,53)54)57-47(51)34-30-26-25-28-31-41-35-38-45(49)44(41)37-36-42(48)32-27-6-4-2/h25,28,35-38,41-44,48H,3-24,26-27,29-34,39-40H2,1-2H3,(H2,52,53,54)/b28-25-,37-36+/t41-,42-,43+,44+/m0/s1. The van der Waals surface area contributed by atoms with Crippen molar-refractivity contribution >= 4 is 25.5 Å². The van der Waals surface area contributed by atoms with E-state index in [2.05, 4.69) is 18.4 Å². The highest BCUT2D eigenvalue weighted by atomic mass is 31.2. The molecule has 4 atom stereocenters. The average Bonchev–Trinajstić information content (AvgIpc) is 3.54. The summed E-state index contributed by atoms with van der Waals surface area (Å²) in [5.41, 5.74) is 0. The van der Waals surface area contributed by atoms with Crippen molar-refractivity contribution in [3.8, 4) is 0 Å². The number of hydrogen-bond acceptors (Lipinski definition) is 8. The van der Waals surface area contributed by atoms with Crippen molar-refractivity contribution in [1.82, 2.24) is 0 Å². The molecule has 0 aliphatic heterocycles. The zero-order valence-electron chi connectivity index (χ0n) is 36.5. The van der Waals surface area contributed by atoms with Crippen LogP contribution in [0.4, 0.5) is 0 Å². The molecule has 336 valence electrons. The molecule has 0 fully saturated rings. The maximum Gasteiger partial charge on any atom is 0.469 e. The Balaban J connectivity index is 2.16. The van der Waals surface area contributed by atoms with Crippen LogP contribution in [0.5, 0.6) is 0 Å². The molecule has 0 aromatic carbocycles. The third kappa shape index (κ3) is 32.7. The fourth-order valence-corrected chi connectivity index (χ4v) is 7.67. The number of esters is 2. The number of phosphoric acid groups is 1. The van der Waals surface area contributed by atoms with Crippen LogP contribution in [0, 0.1) is 11.8 Å². The van der Waals surface area contributed by atoms with Gasteiger partial charge in [0.2, 0.25) is 0 Å². The minimum Gasteiger partial charge on any atom is -0.462 e. The Morgan fingerprint density at radius 3 is 1.72 bits per heavy atom. The van der Waals surface area contributed by atoms with Crippen LogP contribution in [-0.4, -0.2) is 58.0 Å². The maximum absolute atomic E-state index is 12.5. The fraction of sp³-hybridized carbons (Fsp3) is 0.809. The zero-order chi connectivity index (χ0) is 42.5. The predicted molar refractivity (Wildman–Crippen MR) is 234 cm³/mol. The minimum absolute atomic E-state index is 0.0173. The first kappa shape index (κ1) is 53.9. The van der Waals surface area contributed by atoms with Gasteiger partial charge in [-0.15, -0.1) is 0 Å². The van der Waals surface area contributed by atoms with E-state index in [-0.39, 0.29) is 37.1 Å². The van der Waals surface area contributed by atoms with Gasteiger partial charge in [-0.25, -0.2) is 4.57 Å². The van der Waals surface area contributed by atoms with Crippen molar-refractivity contribution in [3.63, 3.8) is 0 Å². The Bertz CT molecular complexity index is 1180. The normalized spacial score (nSPS) is 16.8. The molecular weight excluding hydrogens is 755 g/mol. The molecule has 0 amide bonds. The summed E-state index contributed by atoms with van der Waals surface area (Å²) in [6.45, 7) is 3.45. The molecule has 58 heavy (non-hydrogen) atoms. The van der Waals surface area contributed by atoms with Gasteiger partial charge in [-0.05, 0) is 44.1 Å². The number of carbonyl (C=O) groups is 3. The number of allylic oxidation sites excluding steroid dienone is 5. The quantitative estimate of drug-likeness (QED) is 0.0235. The van der Waals surface area contributed by atoms with Crippen LogP contribution in [0.3, 0.4) is 0 Å². The summed E-state index contributed by atoms with van der Waals surface area (Å²) in [5, 5.41) is 10.2. The predicted octanol–water partition coefficient (Wildman–Crippen LogP) is 12.1. The zero-order valence-corrected chi connectivity index (χ0v) is 37.4. The largest absolute Gasteiger partial charge is 0.469 e. The lowest BCUT2D eigenvalue weighted by molar-refractivity contribution is -0.161. The van der Waals surface area contributed by atoms with Gasteiger partial charge in [0.25, 0.3) is 0 Å². The maximum atomic E-state index is 12.5. The summed E-state index contributed by atoms with van der Waals surface area (Å²) in [6, 6.07) is 0. The molecule has 0 heterocycles. The van der Waals surface area contributed by atoms with Crippen molar-refractivity contribution in [2.75, 3.05) is 13.2 Å². The highest BCUT2D eigenvalue weighted by molar-refractivity contribution is 7.46. The number of unbranched alkanes of at least 4 members (excludes halogenated alkanes) is 23. The molecule has 0 radical (unpaired) electrons. The van der Waals surface area contributed by atoms with Crippen molar-refractivity contribution < 1.29 is 47.8 Å². The number of aliphatic hydroxyl groups excluding tert-OH is 1. The molecule has 3 N–H and O–H groups in total. The molecule has 0 bridgehead atoms. The third-order valence-corrected chi connectivity index (χ3v) is 11.4. The highest BCUT2D eigenvalue weighted by Crippen LogP contribution is 2.36. The Labute approximate surface area is 352 Å². The molecule has 1 rings (SSSR count). The van der Waals surface area contributed by atoms with E-state index in [9.17, 15) is 24.1 Å². The Morgan fingerprint density at radius 2 is 1.19 bits per heavy atom. The molecule has 0 aromatic rings. The van der Waals surface area contributed by atoms with Gasteiger partial charge < -0.3 is 24.4 Å². The number of ketones is 1. The smallest absolute Gasteiger partial charge is 0.462 e. The number of hydrogen-bond donors (Lipinski definition) is 3. The van der Waals surface area contributed by atoms with Crippen LogP contribution < -0.4 is 0 Å². The van der Waals surface area contributed by atoms with Gasteiger partial charge >= 0.3 is 19.8 Å². The molecule has 0 unspecified atom stereocenters. The van der Waals surface area contributed by atoms with Crippen LogP contribution in [0.25, 0.3) is 0 Å². The second kappa shape index (κ2) is 36.7. The topological polar surface area (TPSA) is 157 Å². The van der Waals surface area contributed by atoms with Gasteiger partial charge in [-0.1, -0.05) is 192 Å². The van der Waals surface area contributed by atoms with E-state index in [1.165, 1.54) is 109 Å². The van der Waals surface area contributed by atoms with E-state index in [0.717, 1.165) is 38.5 Å². The van der Waals surface area contributed by atoms with E-state index in [4.69, 9.17) is 19.3 Å². The highest BCUT2D eigenvalue weighted by Gasteiger charge is 2.27. The van der Waals surface area contributed by atoms with Crippen molar-refractivity contribution in [2.45, 2.75) is 219 Å². The van der Waals surface area contributed by atoms with Gasteiger partial charge in [-0.2, -0.15) is 0 Å². The van der Waals surface area contributed by atoms with E-state index in [1.807, 2.05) is 24.3 Å². The number of ether oxygens (including phenoxy) is 2. The first-order chi connectivity index (χ1) is 28.1. The second-order valence-electron chi connectivity index (χ2n) is 16.4. The summed E-state index contributed by atoms with van der Waals surface area (Å²) in [7, 11) is -4.81. The van der Waals surface area contributed by atoms with Crippen LogP contribution in [0.1, 0.15) is 206 Å². The summed E-state index contributed by atoms with van der Waals surface area (Å²) >= 11 is 0. The summed E-state index contributed by atoms with van der Waals surface area (Å²) < 4.78 is 26.4. The van der Waals surface area contributed by atoms with Gasteiger partial charge in [0.1, 0.15) is 6.61 Å². The van der Waals surface area contributed by atoms with E-state index >= 15 is 0 Å². The Hall–Kier alpha value is -2.10. The van der Waals surface area contributed by atoms with Gasteiger partial charge in [-0.3, -0.25) is 18.9 Å². The van der Waals surface area contributed by atoms with Gasteiger partial charge in [0.05, 0.1) is 12.7 Å². The van der Waals surface area contributed by atoms with Crippen molar-refractivity contribution in [3.05, 3.63) is 36.5 Å². The minimum atomic E-state index is -4.81. The first-order valence-electron chi connectivity index (χ1n) is 23.3. The molecule has 1 aliphatic rings. The first-order valence-corrected chi connectivity index (χ1v) is 24.9. The molecule has 0 aromatic heterocycles. The lowest BCUT2D eigenvalue weighted by Gasteiger charge is -2.18. The van der Waals surface area contributed by atoms with Crippen LogP contribution in [-0.2, 0) is 32.9 Å². The molecule has 0 saturated carbocycles. The summed E-state index contributed by atoms with van der Waals surface area (Å²) in [4.78, 5) is 55.5. The Morgan fingerprint density at radius 1 is 0.690 bits per heavy atom. The molecule has 10 nitrogen and oxygen atoms in total. The van der Waals surface area contributed by atoms with Crippen molar-refractivity contribution in [1.29, 1.82) is 0 Å². The number of phosphoric ester groups is 1. The van der Waals surface area contributed by atoms with Crippen LogP contribution in [0.15, 0.2) is 36.5 Å². The van der Waals surface area contributed by atoms with E-state index < -0.39 is 38.6 Å². The molecule has 0 spiro atoms.